The highest BCUT2D eigenvalue weighted by atomic mass is 16.5. The SMILES string of the molecule is CCCNCC(C)Oc1cc(C)nn1C. The first-order chi connectivity index (χ1) is 7.13. The van der Waals surface area contributed by atoms with Crippen LogP contribution in [0, 0.1) is 6.92 Å². The highest BCUT2D eigenvalue weighted by molar-refractivity contribution is 5.14. The minimum absolute atomic E-state index is 0.173. The zero-order valence-corrected chi connectivity index (χ0v) is 10.1. The molecule has 1 heterocycles. The van der Waals surface area contributed by atoms with Crippen molar-refractivity contribution >= 4 is 0 Å². The molecule has 1 aromatic rings. The molecule has 4 heteroatoms. The Hall–Kier alpha value is -1.03. The van der Waals surface area contributed by atoms with Crippen molar-refractivity contribution in [2.24, 2.45) is 7.05 Å². The summed E-state index contributed by atoms with van der Waals surface area (Å²) in [5.41, 5.74) is 0.987. The Morgan fingerprint density at radius 1 is 1.60 bits per heavy atom. The maximum absolute atomic E-state index is 5.75. The molecule has 0 radical (unpaired) electrons. The number of hydrogen-bond acceptors (Lipinski definition) is 3. The summed E-state index contributed by atoms with van der Waals surface area (Å²) < 4.78 is 7.52. The van der Waals surface area contributed by atoms with Gasteiger partial charge in [0.25, 0.3) is 0 Å². The first-order valence-corrected chi connectivity index (χ1v) is 5.51. The van der Waals surface area contributed by atoms with Crippen LogP contribution in [0.1, 0.15) is 26.0 Å². The van der Waals surface area contributed by atoms with E-state index >= 15 is 0 Å². The third-order valence-electron chi connectivity index (χ3n) is 2.14. The third kappa shape index (κ3) is 3.91. The molecule has 86 valence electrons. The van der Waals surface area contributed by atoms with Crippen LogP contribution in [-0.2, 0) is 7.05 Å². The molecule has 15 heavy (non-hydrogen) atoms. The van der Waals surface area contributed by atoms with Crippen molar-refractivity contribution in [3.63, 3.8) is 0 Å². The molecule has 0 aliphatic heterocycles. The Morgan fingerprint density at radius 3 is 2.87 bits per heavy atom. The monoisotopic (exact) mass is 211 g/mol. The van der Waals surface area contributed by atoms with Gasteiger partial charge in [-0.15, -0.1) is 0 Å². The highest BCUT2D eigenvalue weighted by Crippen LogP contribution is 2.12. The van der Waals surface area contributed by atoms with E-state index in [9.17, 15) is 0 Å². The molecule has 0 aliphatic rings. The van der Waals surface area contributed by atoms with E-state index in [0.717, 1.165) is 31.1 Å². The Balaban J connectivity index is 2.37. The average molecular weight is 211 g/mol. The smallest absolute Gasteiger partial charge is 0.212 e. The van der Waals surface area contributed by atoms with Crippen molar-refractivity contribution in [2.75, 3.05) is 13.1 Å². The van der Waals surface area contributed by atoms with Gasteiger partial charge in [0.05, 0.1) is 5.69 Å². The maximum atomic E-state index is 5.75. The Bertz CT molecular complexity index is 296. The summed E-state index contributed by atoms with van der Waals surface area (Å²) in [4.78, 5) is 0. The Kier molecular flexibility index (Phi) is 4.62. The van der Waals surface area contributed by atoms with Crippen molar-refractivity contribution in [1.29, 1.82) is 0 Å². The largest absolute Gasteiger partial charge is 0.473 e. The van der Waals surface area contributed by atoms with Gasteiger partial charge in [-0.05, 0) is 26.8 Å². The molecule has 0 amide bonds. The summed E-state index contributed by atoms with van der Waals surface area (Å²) in [6.45, 7) is 8.09. The lowest BCUT2D eigenvalue weighted by molar-refractivity contribution is 0.199. The quantitative estimate of drug-likeness (QED) is 0.725. The van der Waals surface area contributed by atoms with Crippen LogP contribution in [0.15, 0.2) is 6.07 Å². The predicted molar refractivity (Wildman–Crippen MR) is 61.2 cm³/mol. The van der Waals surface area contributed by atoms with Crippen LogP contribution in [0.2, 0.25) is 0 Å². The maximum Gasteiger partial charge on any atom is 0.212 e. The second kappa shape index (κ2) is 5.75. The molecule has 0 fully saturated rings. The molecular formula is C11H21N3O. The van der Waals surface area contributed by atoms with Crippen molar-refractivity contribution < 1.29 is 4.74 Å². The fourth-order valence-corrected chi connectivity index (χ4v) is 1.43. The van der Waals surface area contributed by atoms with Gasteiger partial charge in [0.15, 0.2) is 0 Å². The van der Waals surface area contributed by atoms with Gasteiger partial charge in [0.1, 0.15) is 6.10 Å². The van der Waals surface area contributed by atoms with Crippen LogP contribution in [0.3, 0.4) is 0 Å². The molecule has 0 saturated carbocycles. The van der Waals surface area contributed by atoms with E-state index in [0.29, 0.717) is 0 Å². The molecule has 1 atom stereocenters. The summed E-state index contributed by atoms with van der Waals surface area (Å²) in [7, 11) is 1.90. The zero-order chi connectivity index (χ0) is 11.3. The van der Waals surface area contributed by atoms with Crippen molar-refractivity contribution in [2.45, 2.75) is 33.3 Å². The van der Waals surface area contributed by atoms with E-state index in [1.54, 1.807) is 4.68 Å². The number of nitrogens with zero attached hydrogens (tertiary/aromatic N) is 2. The highest BCUT2D eigenvalue weighted by Gasteiger charge is 2.07. The first-order valence-electron chi connectivity index (χ1n) is 5.51. The Morgan fingerprint density at radius 2 is 2.33 bits per heavy atom. The molecule has 0 spiro atoms. The van der Waals surface area contributed by atoms with Gasteiger partial charge in [0, 0.05) is 19.7 Å². The molecule has 0 saturated heterocycles. The lowest BCUT2D eigenvalue weighted by atomic mass is 10.4. The van der Waals surface area contributed by atoms with Crippen LogP contribution in [0.25, 0.3) is 0 Å². The molecule has 1 unspecified atom stereocenters. The first kappa shape index (κ1) is 12.0. The molecule has 1 aromatic heterocycles. The summed E-state index contributed by atoms with van der Waals surface area (Å²) >= 11 is 0. The topological polar surface area (TPSA) is 39.1 Å². The summed E-state index contributed by atoms with van der Waals surface area (Å²) in [5.74, 6) is 0.832. The number of aromatic nitrogens is 2. The second-order valence-corrected chi connectivity index (χ2v) is 3.88. The Labute approximate surface area is 91.6 Å². The van der Waals surface area contributed by atoms with Gasteiger partial charge >= 0.3 is 0 Å². The average Bonchev–Trinajstić information content (AvgIpc) is 2.45. The van der Waals surface area contributed by atoms with E-state index in [2.05, 4.69) is 24.3 Å². The second-order valence-electron chi connectivity index (χ2n) is 3.88. The number of nitrogens with one attached hydrogen (secondary N) is 1. The molecule has 1 rings (SSSR count). The fourth-order valence-electron chi connectivity index (χ4n) is 1.43. The normalized spacial score (nSPS) is 12.8. The molecule has 0 aliphatic carbocycles. The van der Waals surface area contributed by atoms with Crippen molar-refractivity contribution in [3.8, 4) is 5.88 Å². The lowest BCUT2D eigenvalue weighted by Crippen LogP contribution is -2.29. The van der Waals surface area contributed by atoms with Gasteiger partial charge < -0.3 is 10.1 Å². The van der Waals surface area contributed by atoms with Crippen LogP contribution in [-0.4, -0.2) is 29.0 Å². The van der Waals surface area contributed by atoms with E-state index in [4.69, 9.17) is 4.74 Å². The number of aryl methyl sites for hydroxylation is 2. The van der Waals surface area contributed by atoms with Gasteiger partial charge in [-0.25, -0.2) is 4.68 Å². The van der Waals surface area contributed by atoms with Gasteiger partial charge in [-0.2, -0.15) is 5.10 Å². The zero-order valence-electron chi connectivity index (χ0n) is 10.1. The summed E-state index contributed by atoms with van der Waals surface area (Å²) in [6, 6.07) is 1.95. The van der Waals surface area contributed by atoms with Crippen LogP contribution >= 0.6 is 0 Å². The molecule has 1 N–H and O–H groups in total. The third-order valence-corrected chi connectivity index (χ3v) is 2.14. The summed E-state index contributed by atoms with van der Waals surface area (Å²) in [5, 5.41) is 7.56. The van der Waals surface area contributed by atoms with Gasteiger partial charge in [-0.1, -0.05) is 6.92 Å². The fraction of sp³-hybridized carbons (Fsp3) is 0.727. The minimum atomic E-state index is 0.173. The van der Waals surface area contributed by atoms with E-state index in [1.165, 1.54) is 0 Å². The molecule has 0 aromatic carbocycles. The van der Waals surface area contributed by atoms with Crippen molar-refractivity contribution in [3.05, 3.63) is 11.8 Å². The van der Waals surface area contributed by atoms with Crippen LogP contribution in [0.4, 0.5) is 0 Å². The number of hydrogen-bond donors (Lipinski definition) is 1. The lowest BCUT2D eigenvalue weighted by Gasteiger charge is -2.14. The molecular weight excluding hydrogens is 190 g/mol. The number of rotatable bonds is 6. The van der Waals surface area contributed by atoms with E-state index in [-0.39, 0.29) is 6.10 Å². The van der Waals surface area contributed by atoms with E-state index < -0.39 is 0 Å². The van der Waals surface area contributed by atoms with Gasteiger partial charge in [0.2, 0.25) is 5.88 Å². The number of ether oxygens (including phenoxy) is 1. The van der Waals surface area contributed by atoms with Crippen LogP contribution in [0.5, 0.6) is 5.88 Å². The van der Waals surface area contributed by atoms with E-state index in [1.807, 2.05) is 20.0 Å². The van der Waals surface area contributed by atoms with Crippen molar-refractivity contribution in [1.82, 2.24) is 15.1 Å². The van der Waals surface area contributed by atoms with Gasteiger partial charge in [-0.3, -0.25) is 0 Å². The standard InChI is InChI=1S/C11H21N3O/c1-5-6-12-8-10(3)15-11-7-9(2)13-14(11)4/h7,10,12H,5-6,8H2,1-4H3. The summed E-state index contributed by atoms with van der Waals surface area (Å²) in [6.07, 6.45) is 1.32. The minimum Gasteiger partial charge on any atom is -0.473 e. The van der Waals surface area contributed by atoms with Crippen LogP contribution < -0.4 is 10.1 Å². The molecule has 0 bridgehead atoms. The predicted octanol–water partition coefficient (Wildman–Crippen LogP) is 1.50. The molecule has 4 nitrogen and oxygen atoms in total.